The normalized spacial score (nSPS) is 19.0. The topological polar surface area (TPSA) is 71.1 Å². The molecule has 0 radical (unpaired) electrons. The Hall–Kier alpha value is -2.76. The van der Waals surface area contributed by atoms with E-state index in [1.807, 2.05) is 0 Å². The average molecular weight is 313 g/mol. The highest BCUT2D eigenvalue weighted by Gasteiger charge is 2.44. The Morgan fingerprint density at radius 2 is 2.04 bits per heavy atom. The van der Waals surface area contributed by atoms with E-state index < -0.39 is 0 Å². The number of nitrogens with zero attached hydrogens (tertiary/aromatic N) is 1. The quantitative estimate of drug-likeness (QED) is 0.844. The SMILES string of the molecule is O=C(Cc1ccccn1)NNC(=O)[C@@H]1C[C@H]1c1cccc(F)c1. The van der Waals surface area contributed by atoms with E-state index >= 15 is 0 Å². The number of carbonyl (C=O) groups is 2. The number of rotatable bonds is 4. The fourth-order valence-corrected chi connectivity index (χ4v) is 2.53. The largest absolute Gasteiger partial charge is 0.273 e. The Bertz CT molecular complexity index is 721. The lowest BCUT2D eigenvalue weighted by Crippen LogP contribution is -2.43. The molecule has 1 aliphatic carbocycles. The van der Waals surface area contributed by atoms with Gasteiger partial charge in [0.25, 0.3) is 0 Å². The third-order valence-corrected chi connectivity index (χ3v) is 3.80. The number of nitrogens with one attached hydrogen (secondary N) is 2. The van der Waals surface area contributed by atoms with Crippen molar-refractivity contribution in [2.75, 3.05) is 0 Å². The molecule has 118 valence electrons. The first-order chi connectivity index (χ1) is 11.1. The van der Waals surface area contributed by atoms with Crippen LogP contribution in [0.15, 0.2) is 48.7 Å². The van der Waals surface area contributed by atoms with Gasteiger partial charge in [0, 0.05) is 17.8 Å². The Balaban J connectivity index is 1.46. The predicted octanol–water partition coefficient (Wildman–Crippen LogP) is 1.71. The summed E-state index contributed by atoms with van der Waals surface area (Å²) < 4.78 is 13.2. The summed E-state index contributed by atoms with van der Waals surface area (Å²) in [5.74, 6) is -1.11. The van der Waals surface area contributed by atoms with Gasteiger partial charge in [-0.25, -0.2) is 4.39 Å². The molecule has 3 rings (SSSR count). The number of hydrogen-bond acceptors (Lipinski definition) is 3. The second-order valence-corrected chi connectivity index (χ2v) is 5.54. The first-order valence-corrected chi connectivity index (χ1v) is 7.37. The number of aromatic nitrogens is 1. The molecule has 2 amide bonds. The van der Waals surface area contributed by atoms with Crippen molar-refractivity contribution in [2.45, 2.75) is 18.8 Å². The highest BCUT2D eigenvalue weighted by atomic mass is 19.1. The maximum absolute atomic E-state index is 13.2. The molecule has 5 nitrogen and oxygen atoms in total. The number of amides is 2. The van der Waals surface area contributed by atoms with E-state index in [4.69, 9.17) is 0 Å². The highest BCUT2D eigenvalue weighted by molar-refractivity contribution is 5.86. The van der Waals surface area contributed by atoms with Crippen LogP contribution in [-0.2, 0) is 16.0 Å². The summed E-state index contributed by atoms with van der Waals surface area (Å²) in [5, 5.41) is 0. The van der Waals surface area contributed by atoms with Crippen molar-refractivity contribution in [2.24, 2.45) is 5.92 Å². The van der Waals surface area contributed by atoms with Crippen LogP contribution in [0, 0.1) is 11.7 Å². The highest BCUT2D eigenvalue weighted by Crippen LogP contribution is 2.47. The number of benzene rings is 1. The van der Waals surface area contributed by atoms with E-state index in [2.05, 4.69) is 15.8 Å². The molecule has 2 atom stereocenters. The molecule has 1 aromatic carbocycles. The molecule has 1 aliphatic rings. The fourth-order valence-electron chi connectivity index (χ4n) is 2.53. The van der Waals surface area contributed by atoms with Gasteiger partial charge in [-0.15, -0.1) is 0 Å². The monoisotopic (exact) mass is 313 g/mol. The predicted molar refractivity (Wildman–Crippen MR) is 81.5 cm³/mol. The molecular weight excluding hydrogens is 297 g/mol. The molecule has 0 bridgehead atoms. The molecule has 1 fully saturated rings. The minimum atomic E-state index is -0.333. The van der Waals surface area contributed by atoms with Crippen molar-refractivity contribution in [3.8, 4) is 0 Å². The van der Waals surface area contributed by atoms with Crippen molar-refractivity contribution >= 4 is 11.8 Å². The lowest BCUT2D eigenvalue weighted by atomic mass is 10.1. The summed E-state index contributed by atoms with van der Waals surface area (Å²) in [5.41, 5.74) is 6.24. The number of carbonyl (C=O) groups excluding carboxylic acids is 2. The van der Waals surface area contributed by atoms with Gasteiger partial charge in [-0.1, -0.05) is 18.2 Å². The second-order valence-electron chi connectivity index (χ2n) is 5.54. The fraction of sp³-hybridized carbons (Fsp3) is 0.235. The summed E-state index contributed by atoms with van der Waals surface area (Å²) in [4.78, 5) is 27.8. The van der Waals surface area contributed by atoms with Crippen LogP contribution in [0.5, 0.6) is 0 Å². The average Bonchev–Trinajstić information content (AvgIpc) is 3.34. The first kappa shape index (κ1) is 15.1. The zero-order valence-corrected chi connectivity index (χ0v) is 12.3. The Morgan fingerprint density at radius 3 is 2.78 bits per heavy atom. The maximum atomic E-state index is 13.2. The van der Waals surface area contributed by atoms with Crippen LogP contribution < -0.4 is 10.9 Å². The van der Waals surface area contributed by atoms with Gasteiger partial charge in [0.05, 0.1) is 6.42 Å². The van der Waals surface area contributed by atoms with E-state index in [-0.39, 0.29) is 35.9 Å². The molecule has 1 saturated carbocycles. The van der Waals surface area contributed by atoms with Gasteiger partial charge in [-0.3, -0.25) is 25.4 Å². The molecule has 6 heteroatoms. The Kier molecular flexibility index (Phi) is 4.32. The van der Waals surface area contributed by atoms with Gasteiger partial charge in [0.1, 0.15) is 5.82 Å². The van der Waals surface area contributed by atoms with Crippen LogP contribution in [0.25, 0.3) is 0 Å². The van der Waals surface area contributed by atoms with Gasteiger partial charge in [-0.05, 0) is 42.2 Å². The van der Waals surface area contributed by atoms with Crippen LogP contribution in [-0.4, -0.2) is 16.8 Å². The number of hydrazine groups is 1. The molecule has 0 unspecified atom stereocenters. The molecule has 2 N–H and O–H groups in total. The molecule has 0 saturated heterocycles. The molecule has 1 aromatic heterocycles. The molecule has 1 heterocycles. The lowest BCUT2D eigenvalue weighted by molar-refractivity contribution is -0.129. The summed E-state index contributed by atoms with van der Waals surface area (Å²) in [6.45, 7) is 0. The van der Waals surface area contributed by atoms with Crippen molar-refractivity contribution < 1.29 is 14.0 Å². The molecule has 2 aromatic rings. The van der Waals surface area contributed by atoms with Crippen LogP contribution in [0.4, 0.5) is 4.39 Å². The first-order valence-electron chi connectivity index (χ1n) is 7.37. The molecule has 0 spiro atoms. The molecule has 23 heavy (non-hydrogen) atoms. The van der Waals surface area contributed by atoms with E-state index in [9.17, 15) is 14.0 Å². The van der Waals surface area contributed by atoms with Crippen LogP contribution in [0.3, 0.4) is 0 Å². The van der Waals surface area contributed by atoms with Crippen molar-refractivity contribution in [3.63, 3.8) is 0 Å². The summed E-state index contributed by atoms with van der Waals surface area (Å²) in [6, 6.07) is 11.6. The summed E-state index contributed by atoms with van der Waals surface area (Å²) in [6.07, 6.45) is 2.36. The summed E-state index contributed by atoms with van der Waals surface area (Å²) in [7, 11) is 0. The van der Waals surface area contributed by atoms with Crippen molar-refractivity contribution in [3.05, 3.63) is 65.7 Å². The molecule has 0 aliphatic heterocycles. The van der Waals surface area contributed by atoms with Gasteiger partial charge in [0.15, 0.2) is 0 Å². The number of halogens is 1. The van der Waals surface area contributed by atoms with Gasteiger partial charge in [0.2, 0.25) is 11.8 Å². The summed E-state index contributed by atoms with van der Waals surface area (Å²) >= 11 is 0. The van der Waals surface area contributed by atoms with E-state index in [1.165, 1.54) is 12.1 Å². The lowest BCUT2D eigenvalue weighted by Gasteiger charge is -2.07. The van der Waals surface area contributed by atoms with Crippen LogP contribution in [0.1, 0.15) is 23.6 Å². The Morgan fingerprint density at radius 1 is 1.17 bits per heavy atom. The number of pyridine rings is 1. The zero-order valence-electron chi connectivity index (χ0n) is 12.3. The van der Waals surface area contributed by atoms with Crippen LogP contribution >= 0.6 is 0 Å². The maximum Gasteiger partial charge on any atom is 0.244 e. The van der Waals surface area contributed by atoms with Gasteiger partial charge < -0.3 is 0 Å². The minimum Gasteiger partial charge on any atom is -0.273 e. The smallest absolute Gasteiger partial charge is 0.244 e. The van der Waals surface area contributed by atoms with Crippen molar-refractivity contribution in [1.29, 1.82) is 0 Å². The van der Waals surface area contributed by atoms with Crippen molar-refractivity contribution in [1.82, 2.24) is 15.8 Å². The second kappa shape index (κ2) is 6.56. The Labute approximate surface area is 132 Å². The van der Waals surface area contributed by atoms with E-state index in [1.54, 1.807) is 36.5 Å². The third kappa shape index (κ3) is 3.91. The van der Waals surface area contributed by atoms with Gasteiger partial charge >= 0.3 is 0 Å². The van der Waals surface area contributed by atoms with Gasteiger partial charge in [-0.2, -0.15) is 0 Å². The third-order valence-electron chi connectivity index (χ3n) is 3.80. The number of hydrogen-bond donors (Lipinski definition) is 2. The van der Waals surface area contributed by atoms with Crippen LogP contribution in [0.2, 0.25) is 0 Å². The minimum absolute atomic E-state index is 0.0124. The van der Waals surface area contributed by atoms with E-state index in [0.29, 0.717) is 12.1 Å². The standard InChI is InChI=1S/C17H16FN3O2/c18-12-5-3-4-11(8-12)14-10-15(14)17(23)21-20-16(22)9-13-6-1-2-7-19-13/h1-8,14-15H,9-10H2,(H,20,22)(H,21,23)/t14-,15+/m0/s1. The van der Waals surface area contributed by atoms with E-state index in [0.717, 1.165) is 5.56 Å². The molecular formula is C17H16FN3O2. The zero-order chi connectivity index (χ0) is 16.2.